The lowest BCUT2D eigenvalue weighted by atomic mass is 9.97. The zero-order valence-electron chi connectivity index (χ0n) is 16.8. The molecule has 0 saturated carbocycles. The number of amides is 2. The summed E-state index contributed by atoms with van der Waals surface area (Å²) in [4.78, 5) is 50.5. The van der Waals surface area contributed by atoms with Gasteiger partial charge in [0.15, 0.2) is 0 Å². The molecule has 0 spiro atoms. The monoisotopic (exact) mass is 396 g/mol. The highest BCUT2D eigenvalue weighted by molar-refractivity contribution is 5.86. The number of hydrogen-bond acceptors (Lipinski definition) is 4. The first-order valence-electron chi connectivity index (χ1n) is 10.3. The van der Waals surface area contributed by atoms with Crippen molar-refractivity contribution in [2.75, 3.05) is 13.1 Å². The summed E-state index contributed by atoms with van der Waals surface area (Å²) in [5, 5.41) is 18.4. The molecule has 2 aliphatic heterocycles. The fourth-order valence-electron chi connectivity index (χ4n) is 4.29. The maximum absolute atomic E-state index is 12.5. The fourth-order valence-corrected chi connectivity index (χ4v) is 4.29. The van der Waals surface area contributed by atoms with Crippen LogP contribution in [0.4, 0.5) is 0 Å². The van der Waals surface area contributed by atoms with Crippen LogP contribution >= 0.6 is 0 Å². The zero-order chi connectivity index (χ0) is 20.8. The molecule has 0 aromatic carbocycles. The van der Waals surface area contributed by atoms with Crippen molar-refractivity contribution in [3.8, 4) is 0 Å². The van der Waals surface area contributed by atoms with Crippen LogP contribution in [0.3, 0.4) is 0 Å². The Morgan fingerprint density at radius 1 is 0.786 bits per heavy atom. The summed E-state index contributed by atoms with van der Waals surface area (Å²) in [5.41, 5.74) is 0. The van der Waals surface area contributed by atoms with E-state index in [1.54, 1.807) is 0 Å². The van der Waals surface area contributed by atoms with Gasteiger partial charge in [-0.3, -0.25) is 9.59 Å². The SMILES string of the molecule is CC(CCCCC(C)C(=O)N1CCC[C@@H]1C(=O)O)C(=O)N1CCC[C@@H]1C(=O)O. The molecule has 0 radical (unpaired) electrons. The van der Waals surface area contributed by atoms with Crippen LogP contribution < -0.4 is 0 Å². The third-order valence-electron chi connectivity index (χ3n) is 6.01. The van der Waals surface area contributed by atoms with Crippen molar-refractivity contribution in [3.63, 3.8) is 0 Å². The first-order valence-corrected chi connectivity index (χ1v) is 10.3. The molecule has 4 atom stereocenters. The van der Waals surface area contributed by atoms with Crippen molar-refractivity contribution in [3.05, 3.63) is 0 Å². The number of rotatable bonds is 9. The van der Waals surface area contributed by atoms with Gasteiger partial charge in [0.25, 0.3) is 0 Å². The number of unbranched alkanes of at least 4 members (excludes halogenated alkanes) is 1. The maximum Gasteiger partial charge on any atom is 0.326 e. The van der Waals surface area contributed by atoms with E-state index in [-0.39, 0.29) is 23.7 Å². The second-order valence-corrected chi connectivity index (χ2v) is 8.14. The first kappa shape index (κ1) is 22.2. The quantitative estimate of drug-likeness (QED) is 0.576. The van der Waals surface area contributed by atoms with Crippen molar-refractivity contribution in [2.45, 2.75) is 77.3 Å². The third kappa shape index (κ3) is 5.23. The van der Waals surface area contributed by atoms with E-state index in [1.807, 2.05) is 13.8 Å². The normalized spacial score (nSPS) is 24.2. The van der Waals surface area contributed by atoms with Crippen LogP contribution in [0.5, 0.6) is 0 Å². The largest absolute Gasteiger partial charge is 0.480 e. The summed E-state index contributed by atoms with van der Waals surface area (Å²) in [5.74, 6) is -2.55. The molecule has 2 heterocycles. The molecule has 2 unspecified atom stereocenters. The predicted molar refractivity (Wildman–Crippen MR) is 102 cm³/mol. The van der Waals surface area contributed by atoms with E-state index in [0.717, 1.165) is 25.7 Å². The second kappa shape index (κ2) is 9.89. The molecule has 2 fully saturated rings. The van der Waals surface area contributed by atoms with Gasteiger partial charge in [-0.2, -0.15) is 0 Å². The van der Waals surface area contributed by atoms with Crippen molar-refractivity contribution >= 4 is 23.8 Å². The molecule has 28 heavy (non-hydrogen) atoms. The van der Waals surface area contributed by atoms with Crippen LogP contribution in [-0.4, -0.2) is 68.9 Å². The van der Waals surface area contributed by atoms with Gasteiger partial charge in [0, 0.05) is 24.9 Å². The standard InChI is InChI=1S/C20H32N2O6/c1-13(17(23)21-11-5-9-15(21)19(25)26)7-3-4-8-14(2)18(24)22-12-6-10-16(22)20(27)28/h13-16H,3-12H2,1-2H3,(H,25,26)(H,27,28)/t13?,14?,15-,16-/m1/s1. The molecular formula is C20H32N2O6. The molecule has 8 nitrogen and oxygen atoms in total. The van der Waals surface area contributed by atoms with E-state index >= 15 is 0 Å². The van der Waals surface area contributed by atoms with Crippen molar-refractivity contribution in [1.29, 1.82) is 0 Å². The van der Waals surface area contributed by atoms with Gasteiger partial charge in [-0.15, -0.1) is 0 Å². The van der Waals surface area contributed by atoms with E-state index in [9.17, 15) is 29.4 Å². The van der Waals surface area contributed by atoms with Crippen LogP contribution in [0.15, 0.2) is 0 Å². The number of nitrogens with zero attached hydrogens (tertiary/aromatic N) is 2. The molecule has 2 aliphatic rings. The second-order valence-electron chi connectivity index (χ2n) is 8.14. The zero-order valence-corrected chi connectivity index (χ0v) is 16.8. The lowest BCUT2D eigenvalue weighted by molar-refractivity contribution is -0.150. The highest BCUT2D eigenvalue weighted by atomic mass is 16.4. The number of carboxylic acids is 2. The average molecular weight is 396 g/mol. The summed E-state index contributed by atoms with van der Waals surface area (Å²) in [7, 11) is 0. The van der Waals surface area contributed by atoms with Crippen molar-refractivity contribution in [1.82, 2.24) is 9.80 Å². The van der Waals surface area contributed by atoms with Gasteiger partial charge in [0.1, 0.15) is 12.1 Å². The Bertz CT molecular complexity index is 556. The highest BCUT2D eigenvalue weighted by Crippen LogP contribution is 2.24. The van der Waals surface area contributed by atoms with E-state index in [4.69, 9.17) is 0 Å². The fraction of sp³-hybridized carbons (Fsp3) is 0.800. The molecule has 2 rings (SSSR count). The number of carbonyl (C=O) groups excluding carboxylic acids is 2. The molecule has 0 aromatic rings. The Morgan fingerprint density at radius 3 is 1.46 bits per heavy atom. The van der Waals surface area contributed by atoms with E-state index < -0.39 is 24.0 Å². The topological polar surface area (TPSA) is 115 Å². The van der Waals surface area contributed by atoms with Gasteiger partial charge in [-0.05, 0) is 38.5 Å². The third-order valence-corrected chi connectivity index (χ3v) is 6.01. The average Bonchev–Trinajstić information content (AvgIpc) is 3.32. The minimum absolute atomic E-state index is 0.101. The summed E-state index contributed by atoms with van der Waals surface area (Å²) in [6, 6.07) is -1.40. The summed E-state index contributed by atoms with van der Waals surface area (Å²) in [6.07, 6.45) is 5.35. The Kier molecular flexibility index (Phi) is 7.83. The van der Waals surface area contributed by atoms with Crippen LogP contribution in [-0.2, 0) is 19.2 Å². The molecule has 2 saturated heterocycles. The van der Waals surface area contributed by atoms with Gasteiger partial charge in [0.05, 0.1) is 0 Å². The van der Waals surface area contributed by atoms with E-state index in [1.165, 1.54) is 9.80 Å². The van der Waals surface area contributed by atoms with Gasteiger partial charge >= 0.3 is 11.9 Å². The molecule has 2 N–H and O–H groups in total. The number of aliphatic carboxylic acids is 2. The number of hydrogen-bond donors (Lipinski definition) is 2. The van der Waals surface area contributed by atoms with Gasteiger partial charge < -0.3 is 20.0 Å². The lowest BCUT2D eigenvalue weighted by Crippen LogP contribution is -2.43. The van der Waals surface area contributed by atoms with Crippen LogP contribution in [0, 0.1) is 11.8 Å². The van der Waals surface area contributed by atoms with Crippen LogP contribution in [0.1, 0.15) is 65.2 Å². The minimum atomic E-state index is -0.938. The highest BCUT2D eigenvalue weighted by Gasteiger charge is 2.36. The van der Waals surface area contributed by atoms with Gasteiger partial charge in [-0.1, -0.05) is 26.7 Å². The van der Waals surface area contributed by atoms with Gasteiger partial charge in [0.2, 0.25) is 11.8 Å². The van der Waals surface area contributed by atoms with Crippen LogP contribution in [0.25, 0.3) is 0 Å². The minimum Gasteiger partial charge on any atom is -0.480 e. The summed E-state index contributed by atoms with van der Waals surface area (Å²) in [6.45, 7) is 4.67. The molecular weight excluding hydrogens is 364 g/mol. The molecule has 0 aromatic heterocycles. The summed E-state index contributed by atoms with van der Waals surface area (Å²) < 4.78 is 0. The smallest absolute Gasteiger partial charge is 0.326 e. The van der Waals surface area contributed by atoms with Crippen molar-refractivity contribution in [2.24, 2.45) is 11.8 Å². The molecule has 0 aliphatic carbocycles. The first-order chi connectivity index (χ1) is 13.2. The Labute approximate surface area is 165 Å². The Balaban J connectivity index is 1.73. The van der Waals surface area contributed by atoms with E-state index in [0.29, 0.717) is 38.8 Å². The molecule has 8 heteroatoms. The van der Waals surface area contributed by atoms with E-state index in [2.05, 4.69) is 0 Å². The Hall–Kier alpha value is -2.12. The van der Waals surface area contributed by atoms with Crippen molar-refractivity contribution < 1.29 is 29.4 Å². The van der Waals surface area contributed by atoms with Crippen LogP contribution in [0.2, 0.25) is 0 Å². The number of carboxylic acid groups (broad SMARTS) is 2. The maximum atomic E-state index is 12.5. The predicted octanol–water partition coefficient (Wildman–Crippen LogP) is 1.97. The lowest BCUT2D eigenvalue weighted by Gasteiger charge is -2.26. The molecule has 2 amide bonds. The number of likely N-dealkylation sites (tertiary alicyclic amines) is 2. The molecule has 0 bridgehead atoms. The number of carbonyl (C=O) groups is 4. The Morgan fingerprint density at radius 2 is 1.14 bits per heavy atom. The van der Waals surface area contributed by atoms with Gasteiger partial charge in [-0.25, -0.2) is 9.59 Å². The molecule has 158 valence electrons. The summed E-state index contributed by atoms with van der Waals surface area (Å²) >= 11 is 0.